The summed E-state index contributed by atoms with van der Waals surface area (Å²) in [6, 6.07) is 15.4. The van der Waals surface area contributed by atoms with E-state index in [9.17, 15) is 9.50 Å². The van der Waals surface area contributed by atoms with Gasteiger partial charge in [0.1, 0.15) is 5.82 Å². The van der Waals surface area contributed by atoms with Crippen LogP contribution in [0.15, 0.2) is 48.5 Å². The molecular weight excluding hydrogens is 253 g/mol. The molecule has 1 saturated heterocycles. The molecule has 2 nitrogen and oxygen atoms in total. The summed E-state index contributed by atoms with van der Waals surface area (Å²) in [4.78, 5) is 2.17. The third kappa shape index (κ3) is 2.41. The van der Waals surface area contributed by atoms with E-state index in [1.54, 1.807) is 6.07 Å². The Morgan fingerprint density at radius 2 is 1.90 bits per heavy atom. The van der Waals surface area contributed by atoms with Crippen LogP contribution in [-0.4, -0.2) is 18.2 Å². The fourth-order valence-corrected chi connectivity index (χ4v) is 2.98. The number of hydrogen-bond acceptors (Lipinski definition) is 2. The maximum Gasteiger partial charge on any atom is 0.130 e. The van der Waals surface area contributed by atoms with Gasteiger partial charge in [0, 0.05) is 30.3 Å². The molecule has 0 saturated carbocycles. The maximum atomic E-state index is 13.7. The first kappa shape index (κ1) is 13.1. The molecule has 104 valence electrons. The largest absolute Gasteiger partial charge is 0.391 e. The molecule has 0 aliphatic carbocycles. The Morgan fingerprint density at radius 1 is 1.10 bits per heavy atom. The van der Waals surface area contributed by atoms with Gasteiger partial charge in [-0.2, -0.15) is 0 Å². The highest BCUT2D eigenvalue weighted by Gasteiger charge is 2.25. The summed E-state index contributed by atoms with van der Waals surface area (Å²) in [5.41, 5.74) is 2.56. The molecule has 2 aromatic carbocycles. The summed E-state index contributed by atoms with van der Waals surface area (Å²) in [7, 11) is 0. The minimum atomic E-state index is -0.326. The van der Waals surface area contributed by atoms with Gasteiger partial charge in [-0.3, -0.25) is 0 Å². The lowest BCUT2D eigenvalue weighted by molar-refractivity contribution is 0.276. The molecule has 20 heavy (non-hydrogen) atoms. The van der Waals surface area contributed by atoms with Gasteiger partial charge in [-0.15, -0.1) is 0 Å². The smallest absolute Gasteiger partial charge is 0.130 e. The SMILES string of the molecule is OCc1c(F)cccc1N1CCC(c2ccccc2)C1. The van der Waals surface area contributed by atoms with Gasteiger partial charge in [0.25, 0.3) is 0 Å². The average Bonchev–Trinajstić information content (AvgIpc) is 2.97. The van der Waals surface area contributed by atoms with Gasteiger partial charge in [0.05, 0.1) is 6.61 Å². The highest BCUT2D eigenvalue weighted by atomic mass is 19.1. The van der Waals surface area contributed by atoms with Crippen LogP contribution in [0.4, 0.5) is 10.1 Å². The van der Waals surface area contributed by atoms with E-state index < -0.39 is 0 Å². The lowest BCUT2D eigenvalue weighted by Crippen LogP contribution is -2.21. The zero-order chi connectivity index (χ0) is 13.9. The zero-order valence-corrected chi connectivity index (χ0v) is 11.3. The van der Waals surface area contributed by atoms with Gasteiger partial charge in [0.15, 0.2) is 0 Å². The van der Waals surface area contributed by atoms with Crippen molar-refractivity contribution in [2.75, 3.05) is 18.0 Å². The summed E-state index contributed by atoms with van der Waals surface area (Å²) in [6.45, 7) is 1.52. The number of aliphatic hydroxyl groups excluding tert-OH is 1. The topological polar surface area (TPSA) is 23.5 Å². The number of benzene rings is 2. The van der Waals surface area contributed by atoms with Gasteiger partial charge < -0.3 is 10.0 Å². The molecule has 2 aromatic rings. The van der Waals surface area contributed by atoms with E-state index >= 15 is 0 Å². The second kappa shape index (κ2) is 5.63. The van der Waals surface area contributed by atoms with Crippen molar-refractivity contribution in [3.63, 3.8) is 0 Å². The molecule has 1 unspecified atom stereocenters. The van der Waals surface area contributed by atoms with Crippen molar-refractivity contribution in [3.05, 3.63) is 65.5 Å². The molecule has 1 heterocycles. The fraction of sp³-hybridized carbons (Fsp3) is 0.294. The standard InChI is InChI=1S/C17H18FNO/c18-16-7-4-8-17(15(16)12-20)19-10-9-14(11-19)13-5-2-1-3-6-13/h1-8,14,20H,9-12H2. The summed E-state index contributed by atoms with van der Waals surface area (Å²) in [5.74, 6) is 0.152. The normalized spacial score (nSPS) is 18.5. The minimum Gasteiger partial charge on any atom is -0.391 e. The Bertz CT molecular complexity index is 585. The van der Waals surface area contributed by atoms with Crippen LogP contribution < -0.4 is 4.90 Å². The van der Waals surface area contributed by atoms with Crippen molar-refractivity contribution in [2.45, 2.75) is 18.9 Å². The molecule has 0 radical (unpaired) electrons. The second-order valence-electron chi connectivity index (χ2n) is 5.24. The van der Waals surface area contributed by atoms with Gasteiger partial charge in [-0.25, -0.2) is 4.39 Å². The van der Waals surface area contributed by atoms with E-state index in [1.807, 2.05) is 12.1 Å². The third-order valence-corrected chi connectivity index (χ3v) is 4.05. The Labute approximate surface area is 118 Å². The van der Waals surface area contributed by atoms with Crippen molar-refractivity contribution < 1.29 is 9.50 Å². The van der Waals surface area contributed by atoms with Crippen LogP contribution in [0.3, 0.4) is 0 Å². The van der Waals surface area contributed by atoms with Crippen molar-refractivity contribution in [1.82, 2.24) is 0 Å². The monoisotopic (exact) mass is 271 g/mol. The summed E-state index contributed by atoms with van der Waals surface area (Å²) in [6.07, 6.45) is 1.06. The molecule has 1 aliphatic heterocycles. The van der Waals surface area contributed by atoms with Gasteiger partial charge >= 0.3 is 0 Å². The van der Waals surface area contributed by atoms with Crippen molar-refractivity contribution in [2.24, 2.45) is 0 Å². The van der Waals surface area contributed by atoms with Gasteiger partial charge in [0.2, 0.25) is 0 Å². The lowest BCUT2D eigenvalue weighted by atomic mass is 9.99. The van der Waals surface area contributed by atoms with Crippen molar-refractivity contribution in [1.29, 1.82) is 0 Å². The number of nitrogens with zero attached hydrogens (tertiary/aromatic N) is 1. The van der Waals surface area contributed by atoms with Gasteiger partial charge in [-0.1, -0.05) is 36.4 Å². The van der Waals surface area contributed by atoms with Crippen LogP contribution in [0.5, 0.6) is 0 Å². The van der Waals surface area contributed by atoms with E-state index in [0.29, 0.717) is 11.5 Å². The molecule has 0 aromatic heterocycles. The van der Waals surface area contributed by atoms with E-state index in [2.05, 4.69) is 29.2 Å². The number of aliphatic hydroxyl groups is 1. The molecule has 1 aliphatic rings. The van der Waals surface area contributed by atoms with E-state index in [0.717, 1.165) is 25.2 Å². The van der Waals surface area contributed by atoms with Crippen LogP contribution in [0, 0.1) is 5.82 Å². The number of anilines is 1. The predicted molar refractivity (Wildman–Crippen MR) is 78.3 cm³/mol. The van der Waals surface area contributed by atoms with Crippen LogP contribution in [0.25, 0.3) is 0 Å². The average molecular weight is 271 g/mol. The molecule has 0 spiro atoms. The first-order valence-corrected chi connectivity index (χ1v) is 6.97. The summed E-state index contributed by atoms with van der Waals surface area (Å²) in [5, 5.41) is 9.38. The Hall–Kier alpha value is -1.87. The highest BCUT2D eigenvalue weighted by molar-refractivity contribution is 5.55. The second-order valence-corrected chi connectivity index (χ2v) is 5.24. The quantitative estimate of drug-likeness (QED) is 0.925. The van der Waals surface area contributed by atoms with Crippen LogP contribution in [-0.2, 0) is 6.61 Å². The molecule has 0 bridgehead atoms. The maximum absolute atomic E-state index is 13.7. The van der Waals surface area contributed by atoms with E-state index in [4.69, 9.17) is 0 Å². The van der Waals surface area contributed by atoms with Crippen LogP contribution >= 0.6 is 0 Å². The molecule has 3 rings (SSSR count). The molecule has 1 atom stereocenters. The summed E-state index contributed by atoms with van der Waals surface area (Å²) >= 11 is 0. The fourth-order valence-electron chi connectivity index (χ4n) is 2.98. The predicted octanol–water partition coefficient (Wildman–Crippen LogP) is 3.31. The van der Waals surface area contributed by atoms with E-state index in [1.165, 1.54) is 11.6 Å². The number of rotatable bonds is 3. The molecule has 0 amide bonds. The number of halogens is 1. The van der Waals surface area contributed by atoms with E-state index in [-0.39, 0.29) is 12.4 Å². The van der Waals surface area contributed by atoms with Gasteiger partial charge in [-0.05, 0) is 24.1 Å². The summed E-state index contributed by atoms with van der Waals surface area (Å²) < 4.78 is 13.7. The minimum absolute atomic E-state index is 0.255. The first-order valence-electron chi connectivity index (χ1n) is 6.97. The van der Waals surface area contributed by atoms with Crippen LogP contribution in [0.2, 0.25) is 0 Å². The Kier molecular flexibility index (Phi) is 3.70. The van der Waals surface area contributed by atoms with Crippen molar-refractivity contribution in [3.8, 4) is 0 Å². The Morgan fingerprint density at radius 3 is 2.65 bits per heavy atom. The third-order valence-electron chi connectivity index (χ3n) is 4.05. The molecule has 1 fully saturated rings. The zero-order valence-electron chi connectivity index (χ0n) is 11.3. The molecular formula is C17H18FNO. The molecule has 1 N–H and O–H groups in total. The first-order chi connectivity index (χ1) is 9.79. The molecule has 3 heteroatoms. The Balaban J connectivity index is 1.83. The number of hydrogen-bond donors (Lipinski definition) is 1. The van der Waals surface area contributed by atoms with Crippen LogP contribution in [0.1, 0.15) is 23.5 Å². The van der Waals surface area contributed by atoms with Crippen molar-refractivity contribution >= 4 is 5.69 Å². The highest BCUT2D eigenvalue weighted by Crippen LogP contribution is 2.33. The lowest BCUT2D eigenvalue weighted by Gasteiger charge is -2.22.